The molecule has 0 bridgehead atoms. The first-order valence-electron chi connectivity index (χ1n) is 4.65. The minimum Gasteiger partial charge on any atom is -0.370 e. The van der Waals surface area contributed by atoms with Crippen molar-refractivity contribution in [2.75, 3.05) is 23.5 Å². The van der Waals surface area contributed by atoms with Crippen LogP contribution in [-0.4, -0.2) is 30.9 Å². The minimum absolute atomic E-state index is 0.647. The van der Waals surface area contributed by atoms with E-state index in [-0.39, 0.29) is 0 Å². The van der Waals surface area contributed by atoms with E-state index in [1.807, 2.05) is 17.8 Å². The molecule has 2 nitrogen and oxygen atoms in total. The molecule has 1 aliphatic rings. The van der Waals surface area contributed by atoms with Gasteiger partial charge in [-0.2, -0.15) is 11.8 Å². The van der Waals surface area contributed by atoms with Crippen LogP contribution >= 0.6 is 23.1 Å². The van der Waals surface area contributed by atoms with E-state index in [1.165, 1.54) is 35.0 Å². The van der Waals surface area contributed by atoms with Crippen LogP contribution in [-0.2, 0) is 0 Å². The lowest BCUT2D eigenvalue weighted by molar-refractivity contribution is 0.112. The molecule has 2 heterocycles. The van der Waals surface area contributed by atoms with E-state index in [2.05, 4.69) is 17.3 Å². The predicted octanol–water partition coefficient (Wildman–Crippen LogP) is 2.50. The van der Waals surface area contributed by atoms with Gasteiger partial charge in [0.05, 0.1) is 4.88 Å². The van der Waals surface area contributed by atoms with Gasteiger partial charge in [0, 0.05) is 29.9 Å². The lowest BCUT2D eigenvalue weighted by Gasteiger charge is -2.24. The molecule has 1 aliphatic heterocycles. The number of thioether (sulfide) groups is 1. The van der Waals surface area contributed by atoms with Gasteiger partial charge in [0.25, 0.3) is 0 Å². The number of anilines is 1. The highest BCUT2D eigenvalue weighted by Crippen LogP contribution is 2.28. The molecule has 14 heavy (non-hydrogen) atoms. The summed E-state index contributed by atoms with van der Waals surface area (Å²) in [5.41, 5.74) is 1.18. The largest absolute Gasteiger partial charge is 0.370 e. The summed E-state index contributed by atoms with van der Waals surface area (Å²) >= 11 is 3.53. The molecule has 76 valence electrons. The van der Waals surface area contributed by atoms with Gasteiger partial charge in [-0.3, -0.25) is 4.79 Å². The van der Waals surface area contributed by atoms with E-state index in [9.17, 15) is 4.79 Å². The molecule has 4 heteroatoms. The summed E-state index contributed by atoms with van der Waals surface area (Å²) in [4.78, 5) is 13.7. The number of rotatable bonds is 3. The number of hydrogen-bond acceptors (Lipinski definition) is 4. The fourth-order valence-electron chi connectivity index (χ4n) is 1.63. The molecule has 0 spiro atoms. The second-order valence-electron chi connectivity index (χ2n) is 3.45. The molecule has 1 aromatic heterocycles. The van der Waals surface area contributed by atoms with E-state index in [0.717, 1.165) is 11.2 Å². The Labute approximate surface area is 92.3 Å². The molecule has 0 amide bonds. The third-order valence-electron chi connectivity index (χ3n) is 2.58. The molecule has 0 aliphatic carbocycles. The number of thiophene rings is 1. The van der Waals surface area contributed by atoms with Crippen molar-refractivity contribution in [3.05, 3.63) is 16.3 Å². The van der Waals surface area contributed by atoms with Crippen LogP contribution in [0.4, 0.5) is 5.69 Å². The Morgan fingerprint density at radius 1 is 1.64 bits per heavy atom. The lowest BCUT2D eigenvalue weighted by atomic mass is 10.2. The second kappa shape index (κ2) is 4.36. The molecule has 1 aromatic rings. The van der Waals surface area contributed by atoms with Crippen molar-refractivity contribution in [2.24, 2.45) is 0 Å². The first-order chi connectivity index (χ1) is 6.81. The molecule has 1 atom stereocenters. The Balaban J connectivity index is 2.09. The third kappa shape index (κ3) is 1.96. The summed E-state index contributed by atoms with van der Waals surface area (Å²) in [5, 5.41) is 2.06. The average molecular weight is 227 g/mol. The zero-order chi connectivity index (χ0) is 9.97. The smallest absolute Gasteiger partial charge is 0.160 e. The van der Waals surface area contributed by atoms with Crippen LogP contribution < -0.4 is 4.90 Å². The zero-order valence-electron chi connectivity index (χ0n) is 8.10. The highest BCUT2D eigenvalue weighted by atomic mass is 32.2. The molecule has 1 unspecified atom stereocenters. The maximum Gasteiger partial charge on any atom is 0.160 e. The summed E-state index contributed by atoms with van der Waals surface area (Å²) in [7, 11) is 2.12. The first kappa shape index (κ1) is 10.1. The normalized spacial score (nSPS) is 21.1. The van der Waals surface area contributed by atoms with Gasteiger partial charge in [0.15, 0.2) is 6.29 Å². The lowest BCUT2D eigenvalue weighted by Crippen LogP contribution is -2.30. The van der Waals surface area contributed by atoms with Crippen LogP contribution in [0.15, 0.2) is 11.4 Å². The van der Waals surface area contributed by atoms with Crippen molar-refractivity contribution >= 4 is 35.1 Å². The van der Waals surface area contributed by atoms with Gasteiger partial charge in [0.2, 0.25) is 0 Å². The summed E-state index contributed by atoms with van der Waals surface area (Å²) in [6, 6.07) is 2.62. The summed E-state index contributed by atoms with van der Waals surface area (Å²) in [5.74, 6) is 2.47. The molecule has 0 aromatic carbocycles. The van der Waals surface area contributed by atoms with Gasteiger partial charge in [-0.05, 0) is 18.2 Å². The Hall–Kier alpha value is -0.480. The Morgan fingerprint density at radius 2 is 2.50 bits per heavy atom. The van der Waals surface area contributed by atoms with Gasteiger partial charge < -0.3 is 4.90 Å². The Morgan fingerprint density at radius 3 is 3.07 bits per heavy atom. The van der Waals surface area contributed by atoms with Gasteiger partial charge in [-0.25, -0.2) is 0 Å². The highest BCUT2D eigenvalue weighted by molar-refractivity contribution is 7.99. The van der Waals surface area contributed by atoms with Crippen LogP contribution in [0.5, 0.6) is 0 Å². The van der Waals surface area contributed by atoms with Crippen LogP contribution in [0.25, 0.3) is 0 Å². The molecule has 0 saturated carbocycles. The van der Waals surface area contributed by atoms with Gasteiger partial charge >= 0.3 is 0 Å². The SMILES string of the molecule is CN(c1csc(C=O)c1)C1CCSC1. The van der Waals surface area contributed by atoms with Crippen molar-refractivity contribution in [3.63, 3.8) is 0 Å². The fourth-order valence-corrected chi connectivity index (χ4v) is 3.63. The van der Waals surface area contributed by atoms with E-state index in [0.29, 0.717) is 6.04 Å². The molecule has 1 fully saturated rings. The van der Waals surface area contributed by atoms with E-state index in [4.69, 9.17) is 0 Å². The number of carbonyl (C=O) groups excluding carboxylic acids is 1. The molecular formula is C10H13NOS2. The Kier molecular flexibility index (Phi) is 3.13. The van der Waals surface area contributed by atoms with Crippen molar-refractivity contribution in [3.8, 4) is 0 Å². The Bertz CT molecular complexity index is 318. The number of nitrogens with zero attached hydrogens (tertiary/aromatic N) is 1. The van der Waals surface area contributed by atoms with E-state index < -0.39 is 0 Å². The average Bonchev–Trinajstić information content (AvgIpc) is 2.88. The van der Waals surface area contributed by atoms with Gasteiger partial charge in [-0.1, -0.05) is 0 Å². The van der Waals surface area contributed by atoms with Crippen molar-refractivity contribution in [2.45, 2.75) is 12.5 Å². The predicted molar refractivity (Wildman–Crippen MR) is 63.8 cm³/mol. The monoisotopic (exact) mass is 227 g/mol. The van der Waals surface area contributed by atoms with Gasteiger partial charge in [0.1, 0.15) is 0 Å². The maximum atomic E-state index is 10.6. The minimum atomic E-state index is 0.647. The molecule has 0 radical (unpaired) electrons. The molecular weight excluding hydrogens is 214 g/mol. The molecule has 1 saturated heterocycles. The third-order valence-corrected chi connectivity index (χ3v) is 4.57. The fraction of sp³-hybridized carbons (Fsp3) is 0.500. The van der Waals surface area contributed by atoms with Crippen LogP contribution in [0, 0.1) is 0 Å². The first-order valence-corrected chi connectivity index (χ1v) is 6.69. The quantitative estimate of drug-likeness (QED) is 0.740. The van der Waals surface area contributed by atoms with Crippen LogP contribution in [0.3, 0.4) is 0 Å². The van der Waals surface area contributed by atoms with Crippen LogP contribution in [0.1, 0.15) is 16.1 Å². The van der Waals surface area contributed by atoms with Crippen molar-refractivity contribution in [1.29, 1.82) is 0 Å². The van der Waals surface area contributed by atoms with Crippen molar-refractivity contribution < 1.29 is 4.79 Å². The topological polar surface area (TPSA) is 20.3 Å². The standard InChI is InChI=1S/C10H13NOS2/c1-11(8-2-3-13-6-8)9-4-10(5-12)14-7-9/h4-5,7-8H,2-3,6H2,1H3. The summed E-state index contributed by atoms with van der Waals surface area (Å²) in [6.07, 6.45) is 2.18. The zero-order valence-corrected chi connectivity index (χ0v) is 9.74. The summed E-state index contributed by atoms with van der Waals surface area (Å²) < 4.78 is 0. The number of hydrogen-bond donors (Lipinski definition) is 0. The number of carbonyl (C=O) groups is 1. The van der Waals surface area contributed by atoms with Crippen LogP contribution in [0.2, 0.25) is 0 Å². The van der Waals surface area contributed by atoms with Gasteiger partial charge in [-0.15, -0.1) is 11.3 Å². The number of aldehydes is 1. The van der Waals surface area contributed by atoms with E-state index in [1.54, 1.807) is 0 Å². The van der Waals surface area contributed by atoms with E-state index >= 15 is 0 Å². The molecule has 0 N–H and O–H groups in total. The molecule has 2 rings (SSSR count). The highest BCUT2D eigenvalue weighted by Gasteiger charge is 2.20. The second-order valence-corrected chi connectivity index (χ2v) is 5.55. The summed E-state index contributed by atoms with van der Waals surface area (Å²) in [6.45, 7) is 0. The van der Waals surface area contributed by atoms with Crippen molar-refractivity contribution in [1.82, 2.24) is 0 Å². The maximum absolute atomic E-state index is 10.6.